The normalized spacial score (nSPS) is 29.3. The van der Waals surface area contributed by atoms with Crippen LogP contribution in [-0.4, -0.2) is 27.5 Å². The summed E-state index contributed by atoms with van der Waals surface area (Å²) in [5, 5.41) is 18.5. The van der Waals surface area contributed by atoms with Gasteiger partial charge in [-0.2, -0.15) is 0 Å². The van der Waals surface area contributed by atoms with Gasteiger partial charge in [-0.05, 0) is 6.92 Å². The maximum atomic E-state index is 11.1. The second-order valence-corrected chi connectivity index (χ2v) is 4.63. The van der Waals surface area contributed by atoms with Crippen LogP contribution in [0.1, 0.15) is 13.8 Å². The smallest absolute Gasteiger partial charge is 0.335 e. The molecule has 0 aliphatic heterocycles. The Morgan fingerprint density at radius 3 is 2.44 bits per heavy atom. The summed E-state index contributed by atoms with van der Waals surface area (Å²) in [7, 11) is 0. The minimum Gasteiger partial charge on any atom is -0.481 e. The summed E-state index contributed by atoms with van der Waals surface area (Å²) in [5.41, 5.74) is 0.0696. The fourth-order valence-electron chi connectivity index (χ4n) is 1.84. The summed E-state index contributed by atoms with van der Waals surface area (Å²) in [5.74, 6) is -2.67. The van der Waals surface area contributed by atoms with Gasteiger partial charge >= 0.3 is 11.9 Å². The number of carboxylic acid groups (broad SMARTS) is 2. The Kier molecular flexibility index (Phi) is 3.57. The first-order chi connectivity index (χ1) is 7.34. The molecule has 0 spiro atoms. The van der Waals surface area contributed by atoms with E-state index in [0.717, 1.165) is 0 Å². The van der Waals surface area contributed by atoms with Gasteiger partial charge in [-0.25, -0.2) is 4.79 Å². The van der Waals surface area contributed by atoms with Crippen LogP contribution in [0.3, 0.4) is 0 Å². The van der Waals surface area contributed by atoms with Gasteiger partial charge in [-0.15, -0.1) is 0 Å². The number of hydrogen-bond acceptors (Lipinski definition) is 2. The molecular formula is C11H13BrO4. The quantitative estimate of drug-likeness (QED) is 0.780. The molecule has 1 rings (SSSR count). The molecule has 0 saturated heterocycles. The Morgan fingerprint density at radius 1 is 1.50 bits per heavy atom. The molecule has 0 radical (unpaired) electrons. The van der Waals surface area contributed by atoms with Crippen LogP contribution in [0, 0.1) is 11.3 Å². The van der Waals surface area contributed by atoms with Gasteiger partial charge in [0.15, 0.2) is 0 Å². The molecule has 0 saturated carbocycles. The van der Waals surface area contributed by atoms with E-state index < -0.39 is 23.3 Å². The monoisotopic (exact) mass is 288 g/mol. The Bertz CT molecular complexity index is 397. The zero-order chi connectivity index (χ0) is 12.5. The molecule has 2 atom stereocenters. The Balaban J connectivity index is 3.30. The van der Waals surface area contributed by atoms with E-state index in [4.69, 9.17) is 10.2 Å². The van der Waals surface area contributed by atoms with Gasteiger partial charge in [0.25, 0.3) is 0 Å². The van der Waals surface area contributed by atoms with Crippen LogP contribution < -0.4 is 0 Å². The van der Waals surface area contributed by atoms with E-state index in [2.05, 4.69) is 15.9 Å². The summed E-state index contributed by atoms with van der Waals surface area (Å²) in [6.07, 6.45) is 2.82. The molecule has 0 heterocycles. The first kappa shape index (κ1) is 13.0. The van der Waals surface area contributed by atoms with Crippen LogP contribution in [-0.2, 0) is 9.59 Å². The maximum Gasteiger partial charge on any atom is 0.335 e. The molecule has 0 fully saturated rings. The Labute approximate surface area is 102 Å². The summed E-state index contributed by atoms with van der Waals surface area (Å²) >= 11 is 3.27. The molecular weight excluding hydrogens is 276 g/mol. The van der Waals surface area contributed by atoms with Crippen LogP contribution in [0.2, 0.25) is 0 Å². The molecule has 1 aliphatic carbocycles. The second-order valence-electron chi connectivity index (χ2n) is 4.07. The van der Waals surface area contributed by atoms with Crippen molar-refractivity contribution in [1.29, 1.82) is 0 Å². The minimum atomic E-state index is -1.02. The third kappa shape index (κ3) is 1.91. The van der Waals surface area contributed by atoms with Crippen molar-refractivity contribution in [3.8, 4) is 0 Å². The van der Waals surface area contributed by atoms with E-state index in [-0.39, 0.29) is 5.57 Å². The number of alkyl halides is 1. The summed E-state index contributed by atoms with van der Waals surface area (Å²) in [6.45, 7) is 3.42. The van der Waals surface area contributed by atoms with Gasteiger partial charge in [0, 0.05) is 10.7 Å². The second kappa shape index (κ2) is 4.41. The number of carbonyl (C=O) groups is 2. The number of allylic oxidation sites excluding steroid dienone is 1. The first-order valence-corrected chi connectivity index (χ1v) is 5.88. The Morgan fingerprint density at radius 2 is 2.06 bits per heavy atom. The lowest BCUT2D eigenvalue weighted by molar-refractivity contribution is -0.143. The van der Waals surface area contributed by atoms with Gasteiger partial charge in [0.1, 0.15) is 0 Å². The predicted octanol–water partition coefficient (Wildman–Crippen LogP) is 2.06. The number of hydrogen-bond donors (Lipinski definition) is 2. The molecule has 0 aromatic rings. The van der Waals surface area contributed by atoms with Crippen LogP contribution in [0.25, 0.3) is 0 Å². The van der Waals surface area contributed by atoms with Crippen molar-refractivity contribution in [2.75, 3.05) is 5.33 Å². The predicted molar refractivity (Wildman–Crippen MR) is 62.5 cm³/mol. The van der Waals surface area contributed by atoms with Gasteiger partial charge in [0.2, 0.25) is 0 Å². The van der Waals surface area contributed by atoms with Crippen LogP contribution in [0.5, 0.6) is 0 Å². The molecule has 0 amide bonds. The lowest BCUT2D eigenvalue weighted by Crippen LogP contribution is -2.37. The number of rotatable bonds is 3. The van der Waals surface area contributed by atoms with E-state index in [9.17, 15) is 9.59 Å². The van der Waals surface area contributed by atoms with Crippen LogP contribution in [0.4, 0.5) is 0 Å². The van der Waals surface area contributed by atoms with Gasteiger partial charge < -0.3 is 10.2 Å². The highest BCUT2D eigenvalue weighted by Gasteiger charge is 2.42. The number of carboxylic acids is 2. The average Bonchev–Trinajstić information content (AvgIpc) is 2.20. The van der Waals surface area contributed by atoms with Gasteiger partial charge in [0.05, 0.1) is 11.5 Å². The van der Waals surface area contributed by atoms with Crippen molar-refractivity contribution >= 4 is 27.9 Å². The molecule has 16 heavy (non-hydrogen) atoms. The molecule has 1 aliphatic rings. The third-order valence-corrected chi connectivity index (χ3v) is 4.34. The van der Waals surface area contributed by atoms with E-state index in [1.165, 1.54) is 12.2 Å². The third-order valence-electron chi connectivity index (χ3n) is 3.18. The maximum absolute atomic E-state index is 11.1. The molecule has 5 heteroatoms. The topological polar surface area (TPSA) is 74.6 Å². The molecule has 0 bridgehead atoms. The molecule has 2 unspecified atom stereocenters. The fourth-order valence-corrected chi connectivity index (χ4v) is 2.61. The van der Waals surface area contributed by atoms with E-state index in [1.54, 1.807) is 13.8 Å². The van der Waals surface area contributed by atoms with Crippen LogP contribution >= 0.6 is 15.9 Å². The highest BCUT2D eigenvalue weighted by molar-refractivity contribution is 9.09. The number of aliphatic carboxylic acids is 2. The molecule has 0 aromatic carbocycles. The van der Waals surface area contributed by atoms with Crippen molar-refractivity contribution in [2.24, 2.45) is 11.3 Å². The SMILES string of the molecule is CC1=C(C(=O)O)C=CC(C(=O)O)C1(C)CBr. The Hall–Kier alpha value is -1.10. The van der Waals surface area contributed by atoms with Gasteiger partial charge in [-0.1, -0.05) is 40.6 Å². The van der Waals surface area contributed by atoms with E-state index >= 15 is 0 Å². The zero-order valence-corrected chi connectivity index (χ0v) is 10.6. The average molecular weight is 289 g/mol. The van der Waals surface area contributed by atoms with Crippen molar-refractivity contribution in [2.45, 2.75) is 13.8 Å². The van der Waals surface area contributed by atoms with Crippen molar-refractivity contribution in [3.05, 3.63) is 23.3 Å². The van der Waals surface area contributed by atoms with Crippen molar-refractivity contribution in [3.63, 3.8) is 0 Å². The highest BCUT2D eigenvalue weighted by Crippen LogP contribution is 2.43. The zero-order valence-electron chi connectivity index (χ0n) is 9.03. The highest BCUT2D eigenvalue weighted by atomic mass is 79.9. The number of halogens is 1. The lowest BCUT2D eigenvalue weighted by atomic mass is 9.69. The summed E-state index contributed by atoms with van der Waals surface area (Å²) in [4.78, 5) is 22.1. The first-order valence-electron chi connectivity index (χ1n) is 4.76. The van der Waals surface area contributed by atoms with Gasteiger partial charge in [-0.3, -0.25) is 4.79 Å². The van der Waals surface area contributed by atoms with E-state index in [1.807, 2.05) is 0 Å². The largest absolute Gasteiger partial charge is 0.481 e. The minimum absolute atomic E-state index is 0.180. The molecule has 88 valence electrons. The fraction of sp³-hybridized carbons (Fsp3) is 0.455. The summed E-state index contributed by atoms with van der Waals surface area (Å²) in [6, 6.07) is 0. The summed E-state index contributed by atoms with van der Waals surface area (Å²) < 4.78 is 0. The lowest BCUT2D eigenvalue weighted by Gasteiger charge is -2.36. The molecule has 2 N–H and O–H groups in total. The van der Waals surface area contributed by atoms with Crippen LogP contribution in [0.15, 0.2) is 23.3 Å². The molecule has 0 aromatic heterocycles. The standard InChI is InChI=1S/C11H13BrO4/c1-6-7(9(13)14)3-4-8(10(15)16)11(6,2)5-12/h3-4,8H,5H2,1-2H3,(H,13,14)(H,15,16). The van der Waals surface area contributed by atoms with E-state index in [0.29, 0.717) is 10.9 Å². The van der Waals surface area contributed by atoms with Crippen molar-refractivity contribution in [1.82, 2.24) is 0 Å². The van der Waals surface area contributed by atoms with Crippen molar-refractivity contribution < 1.29 is 19.8 Å². The molecule has 4 nitrogen and oxygen atoms in total.